The van der Waals surface area contributed by atoms with E-state index in [1.807, 2.05) is 11.8 Å². The molecule has 2 aromatic rings. The summed E-state index contributed by atoms with van der Waals surface area (Å²) in [4.78, 5) is 12.1. The zero-order valence-corrected chi connectivity index (χ0v) is 16.0. The van der Waals surface area contributed by atoms with E-state index in [9.17, 15) is 0 Å². The molecular formula is C16H22N2OS3. The third-order valence-electron chi connectivity index (χ3n) is 3.59. The SMILES string of the molecule is CCCSc1nc(SCC)c2c3c(sc2n1)COC(C)(C)C3. The minimum Gasteiger partial charge on any atom is -0.370 e. The summed E-state index contributed by atoms with van der Waals surface area (Å²) in [6.45, 7) is 9.41. The van der Waals surface area contributed by atoms with Crippen LogP contribution >= 0.6 is 34.9 Å². The topological polar surface area (TPSA) is 35.0 Å². The van der Waals surface area contributed by atoms with Crippen LogP contribution in [0.25, 0.3) is 10.2 Å². The standard InChI is InChI=1S/C16H22N2OS3/c1-5-7-21-15-17-13(20-6-2)12-10-8-16(3,4)19-9-11(10)22-14(12)18-15/h5-9H2,1-4H3. The van der Waals surface area contributed by atoms with E-state index < -0.39 is 0 Å². The molecule has 3 rings (SSSR count). The van der Waals surface area contributed by atoms with Gasteiger partial charge in [-0.3, -0.25) is 0 Å². The quantitative estimate of drug-likeness (QED) is 0.421. The highest BCUT2D eigenvalue weighted by Crippen LogP contribution is 2.42. The van der Waals surface area contributed by atoms with Crippen molar-refractivity contribution in [1.82, 2.24) is 9.97 Å². The molecular weight excluding hydrogens is 332 g/mol. The molecule has 3 nitrogen and oxygen atoms in total. The van der Waals surface area contributed by atoms with Crippen LogP contribution in [0.4, 0.5) is 0 Å². The minimum atomic E-state index is -0.0925. The van der Waals surface area contributed by atoms with Gasteiger partial charge in [0, 0.05) is 22.4 Å². The summed E-state index contributed by atoms with van der Waals surface area (Å²) in [5, 5.41) is 3.36. The normalized spacial score (nSPS) is 16.9. The van der Waals surface area contributed by atoms with Gasteiger partial charge in [0.25, 0.3) is 0 Å². The number of fused-ring (bicyclic) bond motifs is 3. The average Bonchev–Trinajstić information content (AvgIpc) is 2.82. The first kappa shape index (κ1) is 16.6. The van der Waals surface area contributed by atoms with E-state index in [0.29, 0.717) is 6.61 Å². The number of hydrogen-bond donors (Lipinski definition) is 0. The lowest BCUT2D eigenvalue weighted by Crippen LogP contribution is -2.31. The Labute approximate surface area is 144 Å². The number of nitrogens with zero attached hydrogens (tertiary/aromatic N) is 2. The van der Waals surface area contributed by atoms with Crippen molar-refractivity contribution in [3.63, 3.8) is 0 Å². The Morgan fingerprint density at radius 1 is 1.23 bits per heavy atom. The predicted octanol–water partition coefficient (Wildman–Crippen LogP) is 5.16. The van der Waals surface area contributed by atoms with Gasteiger partial charge in [-0.15, -0.1) is 23.1 Å². The summed E-state index contributed by atoms with van der Waals surface area (Å²) in [6.07, 6.45) is 2.09. The molecule has 0 saturated carbocycles. The van der Waals surface area contributed by atoms with Crippen LogP contribution in [0.1, 0.15) is 44.6 Å². The molecule has 120 valence electrons. The molecule has 6 heteroatoms. The third-order valence-corrected chi connectivity index (χ3v) is 6.60. The first-order valence-corrected chi connectivity index (χ1v) is 10.5. The van der Waals surface area contributed by atoms with Crippen LogP contribution in [-0.2, 0) is 17.8 Å². The lowest BCUT2D eigenvalue weighted by Gasteiger charge is -2.30. The number of rotatable bonds is 5. The summed E-state index contributed by atoms with van der Waals surface area (Å²) >= 11 is 5.38. The highest BCUT2D eigenvalue weighted by Gasteiger charge is 2.30. The van der Waals surface area contributed by atoms with Gasteiger partial charge in [0.15, 0.2) is 5.16 Å². The molecule has 0 amide bonds. The van der Waals surface area contributed by atoms with Crippen LogP contribution < -0.4 is 0 Å². The molecule has 1 aliphatic heterocycles. The Morgan fingerprint density at radius 3 is 2.77 bits per heavy atom. The van der Waals surface area contributed by atoms with Crippen molar-refractivity contribution in [2.24, 2.45) is 0 Å². The molecule has 2 aromatic heterocycles. The Kier molecular flexibility index (Phi) is 5.02. The van der Waals surface area contributed by atoms with Gasteiger partial charge in [0.1, 0.15) is 9.86 Å². The highest BCUT2D eigenvalue weighted by molar-refractivity contribution is 8.00. The summed E-state index contributed by atoms with van der Waals surface area (Å²) in [6, 6.07) is 0. The lowest BCUT2D eigenvalue weighted by molar-refractivity contribution is -0.0379. The highest BCUT2D eigenvalue weighted by atomic mass is 32.2. The second-order valence-electron chi connectivity index (χ2n) is 6.00. The maximum atomic E-state index is 5.97. The first-order valence-electron chi connectivity index (χ1n) is 7.76. The van der Waals surface area contributed by atoms with Crippen molar-refractivity contribution in [1.29, 1.82) is 0 Å². The van der Waals surface area contributed by atoms with E-state index in [-0.39, 0.29) is 5.60 Å². The molecule has 0 bridgehead atoms. The molecule has 0 saturated heterocycles. The number of aromatic nitrogens is 2. The number of thiophene rings is 1. The van der Waals surface area contributed by atoms with E-state index >= 15 is 0 Å². The van der Waals surface area contributed by atoms with Crippen molar-refractivity contribution < 1.29 is 4.74 Å². The van der Waals surface area contributed by atoms with Crippen molar-refractivity contribution in [3.05, 3.63) is 10.4 Å². The third kappa shape index (κ3) is 3.30. The molecule has 0 aromatic carbocycles. The van der Waals surface area contributed by atoms with Crippen LogP contribution in [0.2, 0.25) is 0 Å². The fourth-order valence-corrected chi connectivity index (χ4v) is 5.36. The molecule has 0 spiro atoms. The number of thioether (sulfide) groups is 2. The molecule has 0 N–H and O–H groups in total. The average molecular weight is 355 g/mol. The van der Waals surface area contributed by atoms with Gasteiger partial charge >= 0.3 is 0 Å². The van der Waals surface area contributed by atoms with Crippen LogP contribution in [0.5, 0.6) is 0 Å². The van der Waals surface area contributed by atoms with E-state index in [0.717, 1.165) is 39.4 Å². The second kappa shape index (κ2) is 6.67. The Bertz CT molecular complexity index is 682. The van der Waals surface area contributed by atoms with Gasteiger partial charge in [-0.05, 0) is 31.6 Å². The van der Waals surface area contributed by atoms with Crippen LogP contribution in [-0.4, -0.2) is 27.1 Å². The fraction of sp³-hybridized carbons (Fsp3) is 0.625. The van der Waals surface area contributed by atoms with Crippen molar-refractivity contribution in [2.75, 3.05) is 11.5 Å². The van der Waals surface area contributed by atoms with Crippen LogP contribution in [0.15, 0.2) is 10.2 Å². The zero-order chi connectivity index (χ0) is 15.7. The van der Waals surface area contributed by atoms with Crippen molar-refractivity contribution in [3.8, 4) is 0 Å². The minimum absolute atomic E-state index is 0.0925. The van der Waals surface area contributed by atoms with Crippen LogP contribution in [0, 0.1) is 0 Å². The fourth-order valence-electron chi connectivity index (χ4n) is 2.59. The Hall–Kier alpha value is -0.300. The molecule has 3 heterocycles. The summed E-state index contributed by atoms with van der Waals surface area (Å²) in [5.41, 5.74) is 1.32. The Morgan fingerprint density at radius 2 is 2.05 bits per heavy atom. The molecule has 0 atom stereocenters. The van der Waals surface area contributed by atoms with Crippen molar-refractivity contribution >= 4 is 45.1 Å². The van der Waals surface area contributed by atoms with Gasteiger partial charge in [-0.25, -0.2) is 9.97 Å². The lowest BCUT2D eigenvalue weighted by atomic mass is 9.95. The van der Waals surface area contributed by atoms with Gasteiger partial charge in [0.05, 0.1) is 12.2 Å². The van der Waals surface area contributed by atoms with E-state index in [2.05, 4.69) is 27.7 Å². The van der Waals surface area contributed by atoms with Crippen molar-refractivity contribution in [2.45, 2.75) is 62.9 Å². The monoisotopic (exact) mass is 354 g/mol. The largest absolute Gasteiger partial charge is 0.370 e. The molecule has 22 heavy (non-hydrogen) atoms. The maximum absolute atomic E-state index is 5.97. The van der Waals surface area contributed by atoms with E-state index in [1.165, 1.54) is 15.8 Å². The molecule has 0 unspecified atom stereocenters. The maximum Gasteiger partial charge on any atom is 0.190 e. The smallest absolute Gasteiger partial charge is 0.190 e. The summed E-state index contributed by atoms with van der Waals surface area (Å²) < 4.78 is 5.97. The Balaban J connectivity index is 2.10. The number of ether oxygens (including phenoxy) is 1. The first-order chi connectivity index (χ1) is 10.5. The predicted molar refractivity (Wildman–Crippen MR) is 97.4 cm³/mol. The summed E-state index contributed by atoms with van der Waals surface area (Å²) in [7, 11) is 0. The van der Waals surface area contributed by atoms with Gasteiger partial charge < -0.3 is 4.74 Å². The van der Waals surface area contributed by atoms with E-state index in [1.54, 1.807) is 23.1 Å². The molecule has 0 aliphatic carbocycles. The van der Waals surface area contributed by atoms with Gasteiger partial charge in [0.2, 0.25) is 0 Å². The van der Waals surface area contributed by atoms with Gasteiger partial charge in [-0.2, -0.15) is 0 Å². The molecule has 0 fully saturated rings. The van der Waals surface area contributed by atoms with E-state index in [4.69, 9.17) is 14.7 Å². The van der Waals surface area contributed by atoms with Crippen LogP contribution in [0.3, 0.4) is 0 Å². The zero-order valence-electron chi connectivity index (χ0n) is 13.6. The summed E-state index contributed by atoms with van der Waals surface area (Å²) in [5.74, 6) is 2.11. The molecule has 0 radical (unpaired) electrons. The second-order valence-corrected chi connectivity index (χ2v) is 9.40. The van der Waals surface area contributed by atoms with Gasteiger partial charge in [-0.1, -0.05) is 25.6 Å². The number of hydrogen-bond acceptors (Lipinski definition) is 6. The molecule has 1 aliphatic rings.